The second kappa shape index (κ2) is 7.87. The van der Waals surface area contributed by atoms with Crippen LogP contribution >= 0.6 is 11.8 Å². The highest BCUT2D eigenvalue weighted by molar-refractivity contribution is 8.00. The van der Waals surface area contributed by atoms with Crippen LogP contribution in [0.5, 0.6) is 0 Å². The highest BCUT2D eigenvalue weighted by atomic mass is 32.2. The lowest BCUT2D eigenvalue weighted by Crippen LogP contribution is -2.25. The zero-order chi connectivity index (χ0) is 18.5. The number of rotatable bonds is 6. The number of aliphatic hydroxyl groups excluding tert-OH is 1. The van der Waals surface area contributed by atoms with Crippen molar-refractivity contribution in [2.24, 2.45) is 0 Å². The number of hydrogen-bond acceptors (Lipinski definition) is 2. The van der Waals surface area contributed by atoms with Gasteiger partial charge in [0.1, 0.15) is 0 Å². The van der Waals surface area contributed by atoms with Crippen molar-refractivity contribution >= 4 is 11.8 Å². The van der Waals surface area contributed by atoms with E-state index in [-0.39, 0.29) is 6.61 Å². The summed E-state index contributed by atoms with van der Waals surface area (Å²) in [6.45, 7) is 0.00949. The van der Waals surface area contributed by atoms with Gasteiger partial charge in [0.25, 0.3) is 0 Å². The molecule has 0 spiro atoms. The number of aliphatic hydroxyl groups is 1. The minimum Gasteiger partial charge on any atom is -0.390 e. The predicted octanol–water partition coefficient (Wildman–Crippen LogP) is 5.59. The molecule has 4 aromatic rings. The first-order chi connectivity index (χ1) is 13.3. The molecule has 1 aromatic heterocycles. The van der Waals surface area contributed by atoms with Gasteiger partial charge in [-0.1, -0.05) is 91.0 Å². The summed E-state index contributed by atoms with van der Waals surface area (Å²) >= 11 is 1.79. The second-order valence-electron chi connectivity index (χ2n) is 6.40. The highest BCUT2D eigenvalue weighted by Crippen LogP contribution is 2.51. The van der Waals surface area contributed by atoms with E-state index >= 15 is 0 Å². The fourth-order valence-corrected chi connectivity index (χ4v) is 4.88. The lowest BCUT2D eigenvalue weighted by Gasteiger charge is -2.35. The van der Waals surface area contributed by atoms with Crippen molar-refractivity contribution in [2.75, 3.05) is 0 Å². The minimum absolute atomic E-state index is 0.00949. The third kappa shape index (κ3) is 3.44. The van der Waals surface area contributed by atoms with Crippen molar-refractivity contribution in [3.8, 4) is 0 Å². The van der Waals surface area contributed by atoms with Crippen LogP contribution in [0.15, 0.2) is 108 Å². The first kappa shape index (κ1) is 17.7. The largest absolute Gasteiger partial charge is 0.390 e. The van der Waals surface area contributed by atoms with Gasteiger partial charge in [-0.15, -0.1) is 11.8 Å². The molecule has 2 N–H and O–H groups in total. The van der Waals surface area contributed by atoms with Gasteiger partial charge in [-0.05, 0) is 22.8 Å². The van der Waals surface area contributed by atoms with Crippen molar-refractivity contribution in [1.82, 2.24) is 4.98 Å². The SMILES string of the molecule is OCc1cc(SC(c2ccccc2)(c2ccccc2)c2ccccc2)c[nH]1. The molecule has 0 saturated carbocycles. The summed E-state index contributed by atoms with van der Waals surface area (Å²) in [5, 5.41) is 9.46. The van der Waals surface area contributed by atoms with Crippen LogP contribution in [0.1, 0.15) is 22.4 Å². The Morgan fingerprint density at radius 2 is 1.15 bits per heavy atom. The van der Waals surface area contributed by atoms with Gasteiger partial charge in [0, 0.05) is 16.8 Å². The normalized spacial score (nSPS) is 11.4. The molecule has 0 aliphatic rings. The van der Waals surface area contributed by atoms with Crippen LogP contribution in [-0.2, 0) is 11.4 Å². The van der Waals surface area contributed by atoms with E-state index in [2.05, 4.69) is 96.0 Å². The van der Waals surface area contributed by atoms with Gasteiger partial charge in [-0.3, -0.25) is 0 Å². The van der Waals surface area contributed by atoms with E-state index in [4.69, 9.17) is 0 Å². The zero-order valence-electron chi connectivity index (χ0n) is 14.9. The fourth-order valence-electron chi connectivity index (χ4n) is 3.44. The molecule has 3 aromatic carbocycles. The monoisotopic (exact) mass is 371 g/mol. The molecule has 0 aliphatic heterocycles. The van der Waals surface area contributed by atoms with Crippen LogP contribution in [0.4, 0.5) is 0 Å². The molecule has 4 rings (SSSR count). The molecule has 0 unspecified atom stereocenters. The lowest BCUT2D eigenvalue weighted by molar-refractivity contribution is 0.277. The zero-order valence-corrected chi connectivity index (χ0v) is 15.7. The number of nitrogens with one attached hydrogen (secondary N) is 1. The molecule has 0 amide bonds. The topological polar surface area (TPSA) is 36.0 Å². The number of thioether (sulfide) groups is 1. The number of aromatic nitrogens is 1. The van der Waals surface area contributed by atoms with Crippen LogP contribution in [-0.4, -0.2) is 10.1 Å². The molecule has 134 valence electrons. The van der Waals surface area contributed by atoms with Crippen LogP contribution in [0.25, 0.3) is 0 Å². The molecule has 0 fully saturated rings. The van der Waals surface area contributed by atoms with E-state index in [1.807, 2.05) is 12.3 Å². The third-order valence-electron chi connectivity index (χ3n) is 4.70. The molecule has 3 heteroatoms. The van der Waals surface area contributed by atoms with Gasteiger partial charge in [0.15, 0.2) is 0 Å². The summed E-state index contributed by atoms with van der Waals surface area (Å²) in [7, 11) is 0. The fraction of sp³-hybridized carbons (Fsp3) is 0.0833. The van der Waals surface area contributed by atoms with E-state index in [9.17, 15) is 5.11 Å². The molecule has 0 aliphatic carbocycles. The molecule has 27 heavy (non-hydrogen) atoms. The Kier molecular flexibility index (Phi) is 5.14. The summed E-state index contributed by atoms with van der Waals surface area (Å²) in [6.07, 6.45) is 1.97. The van der Waals surface area contributed by atoms with Crippen molar-refractivity contribution in [3.63, 3.8) is 0 Å². The van der Waals surface area contributed by atoms with Gasteiger partial charge >= 0.3 is 0 Å². The third-order valence-corrected chi connectivity index (χ3v) is 6.18. The highest BCUT2D eigenvalue weighted by Gasteiger charge is 2.37. The molecule has 0 bridgehead atoms. The Labute approximate surface area is 163 Å². The van der Waals surface area contributed by atoms with E-state index in [1.54, 1.807) is 11.8 Å². The molecule has 1 heterocycles. The van der Waals surface area contributed by atoms with E-state index in [0.29, 0.717) is 0 Å². The Balaban J connectivity index is 1.97. The van der Waals surface area contributed by atoms with Gasteiger partial charge in [0.05, 0.1) is 11.4 Å². The number of aromatic amines is 1. The van der Waals surface area contributed by atoms with Crippen LogP contribution in [0.2, 0.25) is 0 Å². The van der Waals surface area contributed by atoms with Crippen LogP contribution < -0.4 is 0 Å². The van der Waals surface area contributed by atoms with E-state index in [1.165, 1.54) is 16.7 Å². The van der Waals surface area contributed by atoms with E-state index < -0.39 is 4.75 Å². The smallest absolute Gasteiger partial charge is 0.0954 e. The summed E-state index contributed by atoms with van der Waals surface area (Å²) in [5.74, 6) is 0. The quantitative estimate of drug-likeness (QED) is 0.342. The second-order valence-corrected chi connectivity index (χ2v) is 7.69. The van der Waals surface area contributed by atoms with Gasteiger partial charge in [-0.2, -0.15) is 0 Å². The van der Waals surface area contributed by atoms with Crippen molar-refractivity contribution in [1.29, 1.82) is 0 Å². The Morgan fingerprint density at radius 3 is 1.52 bits per heavy atom. The van der Waals surface area contributed by atoms with E-state index in [0.717, 1.165) is 10.6 Å². The summed E-state index contributed by atoms with van der Waals surface area (Å²) in [4.78, 5) is 4.25. The summed E-state index contributed by atoms with van der Waals surface area (Å²) in [6, 6.07) is 33.8. The maximum absolute atomic E-state index is 9.46. The Bertz CT molecular complexity index is 884. The summed E-state index contributed by atoms with van der Waals surface area (Å²) in [5.41, 5.74) is 4.48. The van der Waals surface area contributed by atoms with Gasteiger partial charge in [-0.25, -0.2) is 0 Å². The maximum atomic E-state index is 9.46. The molecule has 0 radical (unpaired) electrons. The standard InChI is InChI=1S/C24H21NOS/c26-18-22-16-23(17-25-22)27-24(19-10-4-1-5-11-19,20-12-6-2-7-13-20)21-14-8-3-9-15-21/h1-17,25-26H,18H2. The molecular weight excluding hydrogens is 350 g/mol. The number of hydrogen-bond donors (Lipinski definition) is 2. The van der Waals surface area contributed by atoms with Gasteiger partial charge < -0.3 is 10.1 Å². The number of H-pyrrole nitrogens is 1. The molecule has 0 atom stereocenters. The minimum atomic E-state index is -0.390. The number of benzene rings is 3. The molecule has 2 nitrogen and oxygen atoms in total. The molecule has 0 saturated heterocycles. The van der Waals surface area contributed by atoms with Crippen LogP contribution in [0, 0.1) is 0 Å². The average molecular weight is 372 g/mol. The Hall–Kier alpha value is -2.75. The molecular formula is C24H21NOS. The maximum Gasteiger partial charge on any atom is 0.0954 e. The Morgan fingerprint density at radius 1 is 0.704 bits per heavy atom. The van der Waals surface area contributed by atoms with Gasteiger partial charge in [0.2, 0.25) is 0 Å². The summed E-state index contributed by atoms with van der Waals surface area (Å²) < 4.78 is -0.390. The first-order valence-electron chi connectivity index (χ1n) is 8.96. The van der Waals surface area contributed by atoms with Crippen molar-refractivity contribution < 1.29 is 5.11 Å². The lowest BCUT2D eigenvalue weighted by atomic mass is 9.84. The predicted molar refractivity (Wildman–Crippen MR) is 112 cm³/mol. The van der Waals surface area contributed by atoms with Crippen molar-refractivity contribution in [2.45, 2.75) is 16.2 Å². The van der Waals surface area contributed by atoms with Crippen LogP contribution in [0.3, 0.4) is 0 Å². The first-order valence-corrected chi connectivity index (χ1v) is 9.78. The average Bonchev–Trinajstić information content (AvgIpc) is 3.21. The van der Waals surface area contributed by atoms with Crippen molar-refractivity contribution in [3.05, 3.63) is 126 Å².